The molecule has 1 aromatic rings. The Kier molecular flexibility index (Phi) is 6.80. The summed E-state index contributed by atoms with van der Waals surface area (Å²) in [5, 5.41) is 8.89. The molecule has 1 saturated heterocycles. The van der Waals surface area contributed by atoms with Gasteiger partial charge in [-0.1, -0.05) is 0 Å². The Labute approximate surface area is 149 Å². The number of rotatable bonds is 9. The van der Waals surface area contributed by atoms with Crippen LogP contribution < -0.4 is 4.74 Å². The van der Waals surface area contributed by atoms with E-state index in [0.717, 1.165) is 13.1 Å². The summed E-state index contributed by atoms with van der Waals surface area (Å²) in [6, 6.07) is 6.32. The molecule has 1 fully saturated rings. The first-order chi connectivity index (χ1) is 11.8. The summed E-state index contributed by atoms with van der Waals surface area (Å²) in [6.45, 7) is 2.70. The summed E-state index contributed by atoms with van der Waals surface area (Å²) in [7, 11) is 1.06. The van der Waals surface area contributed by atoms with E-state index in [1.165, 1.54) is 12.1 Å². The molecule has 1 aromatic carbocycles. The predicted octanol–water partition coefficient (Wildman–Crippen LogP) is 0.814. The van der Waals surface area contributed by atoms with Gasteiger partial charge in [0.05, 0.1) is 17.1 Å². The van der Waals surface area contributed by atoms with E-state index in [0.29, 0.717) is 25.3 Å². The molecule has 25 heavy (non-hydrogen) atoms. The van der Waals surface area contributed by atoms with Gasteiger partial charge in [0, 0.05) is 25.7 Å². The monoisotopic (exact) mass is 370 g/mol. The zero-order valence-electron chi connectivity index (χ0n) is 14.7. The van der Waals surface area contributed by atoms with E-state index in [2.05, 4.69) is 9.80 Å². The summed E-state index contributed by atoms with van der Waals surface area (Å²) in [5.74, 6) is 0.113. The van der Waals surface area contributed by atoms with Crippen molar-refractivity contribution in [3.05, 3.63) is 29.8 Å². The molecule has 0 aliphatic carbocycles. The van der Waals surface area contributed by atoms with Crippen molar-refractivity contribution in [1.82, 2.24) is 9.80 Å². The number of benzene rings is 1. The minimum atomic E-state index is -2.92. The lowest BCUT2D eigenvalue weighted by atomic mass is 10.2. The molecule has 1 unspecified atom stereocenters. The van der Waals surface area contributed by atoms with Crippen molar-refractivity contribution in [1.29, 1.82) is 0 Å². The van der Waals surface area contributed by atoms with E-state index in [-0.39, 0.29) is 23.1 Å². The van der Waals surface area contributed by atoms with Crippen LogP contribution in [0.1, 0.15) is 16.8 Å². The van der Waals surface area contributed by atoms with Gasteiger partial charge >= 0.3 is 5.97 Å². The van der Waals surface area contributed by atoms with E-state index in [4.69, 9.17) is 9.84 Å². The van der Waals surface area contributed by atoms with Gasteiger partial charge in [-0.15, -0.1) is 0 Å². The highest BCUT2D eigenvalue weighted by Gasteiger charge is 2.31. The Hall–Kier alpha value is -1.64. The number of carboxylic acids is 1. The van der Waals surface area contributed by atoms with Gasteiger partial charge in [0.25, 0.3) is 0 Å². The summed E-state index contributed by atoms with van der Waals surface area (Å²) >= 11 is 0. The number of aromatic carboxylic acids is 1. The van der Waals surface area contributed by atoms with Gasteiger partial charge in [0.15, 0.2) is 9.84 Å². The van der Waals surface area contributed by atoms with Crippen LogP contribution in [0, 0.1) is 0 Å². The quantitative estimate of drug-likeness (QED) is 0.688. The van der Waals surface area contributed by atoms with E-state index in [1.54, 1.807) is 12.1 Å². The van der Waals surface area contributed by atoms with Crippen molar-refractivity contribution in [3.8, 4) is 5.75 Å². The Bertz CT molecular complexity index is 673. The molecule has 1 heterocycles. The summed E-state index contributed by atoms with van der Waals surface area (Å²) in [5.41, 5.74) is 0.219. The number of nitrogens with zero attached hydrogens (tertiary/aromatic N) is 2. The third-order valence-electron chi connectivity index (χ3n) is 4.31. The molecule has 1 aliphatic rings. The fraction of sp³-hybridized carbons (Fsp3) is 0.588. The number of hydrogen-bond donors (Lipinski definition) is 1. The molecule has 1 aliphatic heterocycles. The molecule has 2 rings (SSSR count). The minimum Gasteiger partial charge on any atom is -0.492 e. The fourth-order valence-electron chi connectivity index (χ4n) is 2.84. The van der Waals surface area contributed by atoms with E-state index in [1.807, 2.05) is 14.1 Å². The lowest BCUT2D eigenvalue weighted by molar-refractivity contribution is 0.0697. The van der Waals surface area contributed by atoms with Crippen LogP contribution in [0.15, 0.2) is 24.3 Å². The molecule has 0 saturated carbocycles. The maximum absolute atomic E-state index is 11.7. The zero-order chi connectivity index (χ0) is 18.4. The Morgan fingerprint density at radius 1 is 1.20 bits per heavy atom. The molecule has 8 heteroatoms. The third-order valence-corrected chi connectivity index (χ3v) is 6.06. The number of likely N-dealkylation sites (N-methyl/N-ethyl adjacent to an activating group) is 1. The van der Waals surface area contributed by atoms with Crippen LogP contribution in [0.25, 0.3) is 0 Å². The Balaban J connectivity index is 1.89. The molecular weight excluding hydrogens is 344 g/mol. The van der Waals surface area contributed by atoms with Gasteiger partial charge in [0.2, 0.25) is 0 Å². The number of sulfone groups is 1. The van der Waals surface area contributed by atoms with Gasteiger partial charge in [-0.05, 0) is 44.8 Å². The van der Waals surface area contributed by atoms with Gasteiger partial charge in [-0.3, -0.25) is 4.90 Å². The first kappa shape index (κ1) is 19.7. The second kappa shape index (κ2) is 8.64. The maximum atomic E-state index is 11.7. The average Bonchev–Trinajstić information content (AvgIpc) is 2.90. The van der Waals surface area contributed by atoms with Crippen molar-refractivity contribution in [2.24, 2.45) is 0 Å². The molecule has 0 bridgehead atoms. The molecule has 0 radical (unpaired) electrons. The Morgan fingerprint density at radius 3 is 2.40 bits per heavy atom. The Morgan fingerprint density at radius 2 is 1.88 bits per heavy atom. The van der Waals surface area contributed by atoms with Crippen molar-refractivity contribution in [3.63, 3.8) is 0 Å². The van der Waals surface area contributed by atoms with Gasteiger partial charge < -0.3 is 14.7 Å². The fourth-order valence-corrected chi connectivity index (χ4v) is 4.60. The molecule has 0 aromatic heterocycles. The van der Waals surface area contributed by atoms with Crippen LogP contribution >= 0.6 is 0 Å². The molecule has 1 atom stereocenters. The normalized spacial score (nSPS) is 19.4. The molecule has 1 N–H and O–H groups in total. The lowest BCUT2D eigenvalue weighted by Gasteiger charge is -2.29. The molecule has 0 amide bonds. The predicted molar refractivity (Wildman–Crippen MR) is 96.1 cm³/mol. The van der Waals surface area contributed by atoms with Crippen molar-refractivity contribution in [2.45, 2.75) is 12.5 Å². The van der Waals surface area contributed by atoms with Gasteiger partial charge in [-0.2, -0.15) is 0 Å². The number of carboxylic acid groups (broad SMARTS) is 1. The third kappa shape index (κ3) is 6.30. The number of carbonyl (C=O) groups is 1. The largest absolute Gasteiger partial charge is 0.492 e. The van der Waals surface area contributed by atoms with Crippen molar-refractivity contribution in [2.75, 3.05) is 51.8 Å². The van der Waals surface area contributed by atoms with E-state index >= 15 is 0 Å². The average molecular weight is 370 g/mol. The van der Waals surface area contributed by atoms with Gasteiger partial charge in [0.1, 0.15) is 12.4 Å². The van der Waals surface area contributed by atoms with E-state index in [9.17, 15) is 13.2 Å². The van der Waals surface area contributed by atoms with Crippen LogP contribution in [-0.4, -0.2) is 87.2 Å². The van der Waals surface area contributed by atoms with Crippen molar-refractivity contribution >= 4 is 15.8 Å². The molecule has 7 nitrogen and oxygen atoms in total. The number of ether oxygens (including phenoxy) is 1. The highest BCUT2D eigenvalue weighted by atomic mass is 32.2. The highest BCUT2D eigenvalue weighted by Crippen LogP contribution is 2.18. The zero-order valence-corrected chi connectivity index (χ0v) is 15.5. The molecule has 140 valence electrons. The second-order valence-electron chi connectivity index (χ2n) is 6.57. The summed E-state index contributed by atoms with van der Waals surface area (Å²) in [4.78, 5) is 15.1. The SMILES string of the molecule is CN(C)CCN(CCOc1ccc(C(=O)O)cc1)C1CCS(=O)(=O)C1. The minimum absolute atomic E-state index is 0.0444. The maximum Gasteiger partial charge on any atom is 0.335 e. The molecule has 0 spiro atoms. The van der Waals surface area contributed by atoms with Gasteiger partial charge in [-0.25, -0.2) is 13.2 Å². The van der Waals surface area contributed by atoms with Crippen LogP contribution in [0.4, 0.5) is 0 Å². The standard InChI is InChI=1S/C17H26N2O5S/c1-18(2)8-9-19(15-7-12-25(22,23)13-15)10-11-24-16-5-3-14(4-6-16)17(20)21/h3-6,15H,7-13H2,1-2H3,(H,20,21). The number of hydrogen-bond acceptors (Lipinski definition) is 6. The van der Waals surface area contributed by atoms with E-state index < -0.39 is 15.8 Å². The summed E-state index contributed by atoms with van der Waals surface area (Å²) < 4.78 is 29.2. The van der Waals surface area contributed by atoms with Crippen LogP contribution in [0.5, 0.6) is 5.75 Å². The van der Waals surface area contributed by atoms with Crippen LogP contribution in [-0.2, 0) is 9.84 Å². The van der Waals surface area contributed by atoms with Crippen LogP contribution in [0.2, 0.25) is 0 Å². The summed E-state index contributed by atoms with van der Waals surface area (Å²) in [6.07, 6.45) is 0.670. The smallest absolute Gasteiger partial charge is 0.335 e. The topological polar surface area (TPSA) is 87.2 Å². The van der Waals surface area contributed by atoms with Crippen LogP contribution in [0.3, 0.4) is 0 Å². The first-order valence-corrected chi connectivity index (χ1v) is 10.1. The first-order valence-electron chi connectivity index (χ1n) is 8.32. The highest BCUT2D eigenvalue weighted by molar-refractivity contribution is 7.91. The van der Waals surface area contributed by atoms with Crippen molar-refractivity contribution < 1.29 is 23.1 Å². The molecular formula is C17H26N2O5S. The lowest BCUT2D eigenvalue weighted by Crippen LogP contribution is -2.42. The second-order valence-corrected chi connectivity index (χ2v) is 8.80.